The molecule has 0 saturated carbocycles. The molecule has 0 fully saturated rings. The van der Waals surface area contributed by atoms with Gasteiger partial charge in [0.2, 0.25) is 17.7 Å². The summed E-state index contributed by atoms with van der Waals surface area (Å²) in [6.07, 6.45) is -1.75. The third-order valence-corrected chi connectivity index (χ3v) is 4.70. The van der Waals surface area contributed by atoms with Crippen LogP contribution in [0.4, 0.5) is 0 Å². The van der Waals surface area contributed by atoms with Crippen molar-refractivity contribution in [2.24, 2.45) is 5.73 Å². The van der Waals surface area contributed by atoms with Crippen molar-refractivity contribution in [3.63, 3.8) is 0 Å². The predicted octanol–water partition coefficient (Wildman–Crippen LogP) is -1.84. The molecule has 0 aliphatic carbocycles. The van der Waals surface area contributed by atoms with Crippen LogP contribution >= 0.6 is 0 Å². The molecule has 3 atom stereocenters. The normalized spacial score (nSPS) is 13.1. The number of aromatic hydroxyl groups is 1. The topological polar surface area (TPSA) is 245 Å². The van der Waals surface area contributed by atoms with Crippen molar-refractivity contribution in [1.29, 1.82) is 0 Å². The molecule has 14 heteroatoms. The monoisotopic (exact) mass is 496 g/mol. The first kappa shape index (κ1) is 28.8. The Labute approximate surface area is 199 Å². The number of nitrogens with one attached hydrogen (secondary N) is 3. The second-order valence-corrected chi connectivity index (χ2v) is 7.58. The van der Waals surface area contributed by atoms with Crippen molar-refractivity contribution in [3.8, 4) is 5.75 Å². The molecule has 0 aliphatic heterocycles. The van der Waals surface area contributed by atoms with Gasteiger partial charge in [-0.15, -0.1) is 0 Å². The fourth-order valence-electron chi connectivity index (χ4n) is 2.89. The van der Waals surface area contributed by atoms with Crippen LogP contribution < -0.4 is 21.7 Å². The summed E-state index contributed by atoms with van der Waals surface area (Å²) in [5, 5.41) is 42.5. The highest BCUT2D eigenvalue weighted by atomic mass is 16.4. The summed E-state index contributed by atoms with van der Waals surface area (Å²) in [5.41, 5.74) is 6.49. The van der Waals surface area contributed by atoms with Crippen molar-refractivity contribution in [3.05, 3.63) is 29.8 Å². The maximum absolute atomic E-state index is 12.8. The number of carbonyl (C=O) groups is 6. The molecule has 1 aromatic carbocycles. The van der Waals surface area contributed by atoms with E-state index < -0.39 is 73.1 Å². The van der Waals surface area contributed by atoms with E-state index in [-0.39, 0.29) is 25.0 Å². The molecule has 3 unspecified atom stereocenters. The number of phenolic OH excluding ortho intramolecular Hbond substituents is 1. The molecular weight excluding hydrogens is 468 g/mol. The van der Waals surface area contributed by atoms with Crippen molar-refractivity contribution < 1.29 is 49.2 Å². The van der Waals surface area contributed by atoms with E-state index in [1.165, 1.54) is 12.1 Å². The Balaban J connectivity index is 2.92. The van der Waals surface area contributed by atoms with Gasteiger partial charge in [0.15, 0.2) is 0 Å². The van der Waals surface area contributed by atoms with E-state index in [1.807, 2.05) is 5.32 Å². The van der Waals surface area contributed by atoms with Crippen LogP contribution in [0.25, 0.3) is 0 Å². The van der Waals surface area contributed by atoms with Crippen LogP contribution in [0.1, 0.15) is 31.2 Å². The average molecular weight is 496 g/mol. The van der Waals surface area contributed by atoms with Gasteiger partial charge in [-0.1, -0.05) is 12.1 Å². The van der Waals surface area contributed by atoms with Gasteiger partial charge in [-0.25, -0.2) is 0 Å². The van der Waals surface area contributed by atoms with Gasteiger partial charge in [0, 0.05) is 12.8 Å². The number of carbonyl (C=O) groups excluding carboxylic acids is 3. The molecule has 0 aromatic heterocycles. The van der Waals surface area contributed by atoms with Crippen LogP contribution in [0.15, 0.2) is 24.3 Å². The van der Waals surface area contributed by atoms with E-state index in [4.69, 9.17) is 21.1 Å². The van der Waals surface area contributed by atoms with Gasteiger partial charge in [0.1, 0.15) is 24.4 Å². The average Bonchev–Trinajstić information content (AvgIpc) is 2.78. The van der Waals surface area contributed by atoms with Crippen molar-refractivity contribution in [1.82, 2.24) is 16.0 Å². The van der Waals surface area contributed by atoms with E-state index in [1.54, 1.807) is 12.1 Å². The predicted molar refractivity (Wildman–Crippen MR) is 118 cm³/mol. The third-order valence-electron chi connectivity index (χ3n) is 4.70. The zero-order valence-corrected chi connectivity index (χ0v) is 18.6. The summed E-state index contributed by atoms with van der Waals surface area (Å²) in [6, 6.07) is 1.86. The summed E-state index contributed by atoms with van der Waals surface area (Å²) in [5.74, 6) is -6.61. The molecule has 0 bridgehead atoms. The Morgan fingerprint density at radius 3 is 1.71 bits per heavy atom. The van der Waals surface area contributed by atoms with Gasteiger partial charge < -0.3 is 42.1 Å². The quantitative estimate of drug-likeness (QED) is 0.134. The lowest BCUT2D eigenvalue weighted by molar-refractivity contribution is -0.140. The molecule has 0 radical (unpaired) electrons. The van der Waals surface area contributed by atoms with E-state index in [0.29, 0.717) is 5.56 Å². The van der Waals surface area contributed by atoms with Gasteiger partial charge in [-0.05, 0) is 37.0 Å². The second kappa shape index (κ2) is 14.1. The van der Waals surface area contributed by atoms with Crippen molar-refractivity contribution >= 4 is 35.6 Å². The van der Waals surface area contributed by atoms with Gasteiger partial charge >= 0.3 is 17.9 Å². The summed E-state index contributed by atoms with van der Waals surface area (Å²) in [7, 11) is 0. The SMILES string of the molecule is NC(Cc1ccc(O)cc1)C(=O)NC(CCC(=O)O)C(=O)NC(CCC(=O)O)C(=O)NCC(=O)O. The van der Waals surface area contributed by atoms with E-state index in [0.717, 1.165) is 0 Å². The molecule has 35 heavy (non-hydrogen) atoms. The van der Waals surface area contributed by atoms with Crippen LogP contribution in [-0.2, 0) is 35.2 Å². The number of amides is 3. The van der Waals surface area contributed by atoms with Crippen LogP contribution in [0.3, 0.4) is 0 Å². The highest BCUT2D eigenvalue weighted by Crippen LogP contribution is 2.11. The summed E-state index contributed by atoms with van der Waals surface area (Å²) in [6.45, 7) is -0.774. The fourth-order valence-corrected chi connectivity index (χ4v) is 2.89. The number of benzene rings is 1. The molecule has 9 N–H and O–H groups in total. The highest BCUT2D eigenvalue weighted by Gasteiger charge is 2.29. The largest absolute Gasteiger partial charge is 0.508 e. The Kier molecular flexibility index (Phi) is 11.7. The lowest BCUT2D eigenvalue weighted by Gasteiger charge is -2.23. The Morgan fingerprint density at radius 1 is 0.743 bits per heavy atom. The minimum atomic E-state index is -1.45. The van der Waals surface area contributed by atoms with Gasteiger partial charge in [0.05, 0.1) is 6.04 Å². The number of carboxylic acids is 3. The fraction of sp³-hybridized carbons (Fsp3) is 0.429. The van der Waals surface area contributed by atoms with Crippen molar-refractivity contribution in [2.45, 2.75) is 50.2 Å². The third kappa shape index (κ3) is 11.5. The maximum Gasteiger partial charge on any atom is 0.322 e. The molecule has 0 heterocycles. The van der Waals surface area contributed by atoms with E-state index in [2.05, 4.69) is 10.6 Å². The molecule has 0 aliphatic rings. The second-order valence-electron chi connectivity index (χ2n) is 7.58. The Bertz CT molecular complexity index is 935. The number of hydrogen-bond donors (Lipinski definition) is 8. The number of carboxylic acid groups (broad SMARTS) is 3. The number of phenols is 1. The van der Waals surface area contributed by atoms with Crippen LogP contribution in [0.5, 0.6) is 5.75 Å². The molecular formula is C21H28N4O10. The van der Waals surface area contributed by atoms with E-state index in [9.17, 15) is 33.9 Å². The lowest BCUT2D eigenvalue weighted by atomic mass is 10.0. The Hall–Kier alpha value is -4.20. The number of hydrogen-bond acceptors (Lipinski definition) is 8. The smallest absolute Gasteiger partial charge is 0.322 e. The van der Waals surface area contributed by atoms with Gasteiger partial charge in [0.25, 0.3) is 0 Å². The summed E-state index contributed by atoms with van der Waals surface area (Å²) >= 11 is 0. The van der Waals surface area contributed by atoms with Gasteiger partial charge in [-0.3, -0.25) is 28.8 Å². The summed E-state index contributed by atoms with van der Waals surface area (Å²) in [4.78, 5) is 70.1. The highest BCUT2D eigenvalue weighted by molar-refractivity contribution is 5.94. The number of nitrogens with two attached hydrogens (primary N) is 1. The molecule has 14 nitrogen and oxygen atoms in total. The zero-order chi connectivity index (χ0) is 26.5. The minimum Gasteiger partial charge on any atom is -0.508 e. The standard InChI is InChI=1S/C21H28N4O10/c22-13(9-11-1-3-12(26)4-2-11)19(33)24-15(6-8-17(29)30)21(35)25-14(5-7-16(27)28)20(34)23-10-18(31)32/h1-4,13-15,26H,5-10,22H2,(H,23,34)(H,24,33)(H,25,35)(H,27,28)(H,29,30)(H,31,32). The number of rotatable bonds is 15. The zero-order valence-electron chi connectivity index (χ0n) is 18.6. The minimum absolute atomic E-state index is 0.0158. The van der Waals surface area contributed by atoms with Crippen LogP contribution in [0, 0.1) is 0 Å². The van der Waals surface area contributed by atoms with E-state index >= 15 is 0 Å². The molecule has 3 amide bonds. The van der Waals surface area contributed by atoms with Crippen molar-refractivity contribution in [2.75, 3.05) is 6.54 Å². The Morgan fingerprint density at radius 2 is 1.23 bits per heavy atom. The summed E-state index contributed by atoms with van der Waals surface area (Å²) < 4.78 is 0. The molecule has 1 aromatic rings. The first-order chi connectivity index (χ1) is 16.4. The first-order valence-corrected chi connectivity index (χ1v) is 10.5. The van der Waals surface area contributed by atoms with Crippen LogP contribution in [0.2, 0.25) is 0 Å². The maximum atomic E-state index is 12.8. The molecule has 192 valence electrons. The number of aliphatic carboxylic acids is 3. The van der Waals surface area contributed by atoms with Crippen LogP contribution in [-0.4, -0.2) is 80.7 Å². The lowest BCUT2D eigenvalue weighted by Crippen LogP contribution is -2.56. The van der Waals surface area contributed by atoms with Gasteiger partial charge in [-0.2, -0.15) is 0 Å². The molecule has 0 saturated heterocycles. The molecule has 1 rings (SSSR count). The molecule has 0 spiro atoms. The first-order valence-electron chi connectivity index (χ1n) is 10.5.